The fourth-order valence-electron chi connectivity index (χ4n) is 1.72. The van der Waals surface area contributed by atoms with Crippen molar-refractivity contribution in [3.63, 3.8) is 0 Å². The quantitative estimate of drug-likeness (QED) is 0.538. The van der Waals surface area contributed by atoms with Crippen LogP contribution in [0.3, 0.4) is 0 Å². The lowest BCUT2D eigenvalue weighted by Gasteiger charge is -2.35. The summed E-state index contributed by atoms with van der Waals surface area (Å²) in [5.74, 6) is 0. The summed E-state index contributed by atoms with van der Waals surface area (Å²) >= 11 is 0. The van der Waals surface area contributed by atoms with E-state index in [2.05, 4.69) is 10.9 Å². The number of nitrogens with one attached hydrogen (secondary N) is 2. The highest BCUT2D eigenvalue weighted by atomic mass is 16.6. The molecule has 1 aliphatic heterocycles. The van der Waals surface area contributed by atoms with Gasteiger partial charge in [0.1, 0.15) is 6.10 Å². The smallest absolute Gasteiger partial charge is 0.421 e. The van der Waals surface area contributed by atoms with Crippen LogP contribution in [-0.4, -0.2) is 18.2 Å². The summed E-state index contributed by atoms with van der Waals surface area (Å²) in [5, 5.41) is 0. The molecule has 0 aromatic carbocycles. The van der Waals surface area contributed by atoms with Crippen LogP contribution >= 0.6 is 0 Å². The average molecular weight is 156 g/mol. The van der Waals surface area contributed by atoms with Crippen molar-refractivity contribution in [2.45, 2.75) is 37.8 Å². The molecule has 1 aliphatic carbocycles. The van der Waals surface area contributed by atoms with Gasteiger partial charge in [-0.15, -0.1) is 0 Å². The Labute approximate surface area is 65.3 Å². The van der Waals surface area contributed by atoms with Crippen LogP contribution in [-0.2, 0) is 4.74 Å². The molecule has 0 bridgehead atoms. The molecule has 1 amide bonds. The maximum absolute atomic E-state index is 10.7. The average Bonchev–Trinajstić information content (AvgIpc) is 2.04. The maximum Gasteiger partial charge on any atom is 0.421 e. The zero-order valence-corrected chi connectivity index (χ0v) is 6.30. The first-order chi connectivity index (χ1) is 5.36. The van der Waals surface area contributed by atoms with E-state index in [0.29, 0.717) is 6.04 Å². The third-order valence-corrected chi connectivity index (χ3v) is 2.32. The van der Waals surface area contributed by atoms with E-state index < -0.39 is 0 Å². The molecule has 0 aromatic heterocycles. The van der Waals surface area contributed by atoms with Crippen LogP contribution in [0.5, 0.6) is 0 Å². The number of carbonyl (C=O) groups excluding carboxylic acids is 1. The minimum absolute atomic E-state index is 0.109. The van der Waals surface area contributed by atoms with Gasteiger partial charge in [-0.3, -0.25) is 5.43 Å². The van der Waals surface area contributed by atoms with Crippen molar-refractivity contribution in [3.05, 3.63) is 0 Å². The first-order valence-corrected chi connectivity index (χ1v) is 4.08. The van der Waals surface area contributed by atoms with Gasteiger partial charge in [-0.05, 0) is 19.3 Å². The van der Waals surface area contributed by atoms with E-state index in [4.69, 9.17) is 4.74 Å². The van der Waals surface area contributed by atoms with Crippen molar-refractivity contribution in [2.24, 2.45) is 0 Å². The Balaban J connectivity index is 1.98. The van der Waals surface area contributed by atoms with E-state index in [1.54, 1.807) is 0 Å². The predicted molar refractivity (Wildman–Crippen MR) is 38.8 cm³/mol. The molecule has 2 rings (SSSR count). The number of hydrogen-bond donors (Lipinski definition) is 2. The standard InChI is InChI=1S/C7H12N2O2/c10-7-9-8-5-3-1-2-4-6(5)11-7/h5-6,8H,1-4H2,(H,9,10)/t5-,6-/m1/s1. The second-order valence-corrected chi connectivity index (χ2v) is 3.10. The first-order valence-electron chi connectivity index (χ1n) is 4.08. The van der Waals surface area contributed by atoms with Crippen LogP contribution in [0.25, 0.3) is 0 Å². The molecule has 2 fully saturated rings. The monoisotopic (exact) mass is 156 g/mol. The summed E-state index contributed by atoms with van der Waals surface area (Å²) in [6, 6.07) is 0.335. The third-order valence-electron chi connectivity index (χ3n) is 2.32. The molecule has 0 spiro atoms. The molecular weight excluding hydrogens is 144 g/mol. The summed E-state index contributed by atoms with van der Waals surface area (Å²) in [6.07, 6.45) is 4.28. The summed E-state index contributed by atoms with van der Waals surface area (Å²) < 4.78 is 5.08. The van der Waals surface area contributed by atoms with Gasteiger partial charge in [-0.1, -0.05) is 6.42 Å². The zero-order valence-electron chi connectivity index (χ0n) is 6.30. The highest BCUT2D eigenvalue weighted by Crippen LogP contribution is 2.22. The van der Waals surface area contributed by atoms with Crippen LogP contribution in [0.4, 0.5) is 4.79 Å². The van der Waals surface area contributed by atoms with Gasteiger partial charge < -0.3 is 4.74 Å². The Kier molecular flexibility index (Phi) is 1.69. The van der Waals surface area contributed by atoms with Gasteiger partial charge in [0.05, 0.1) is 6.04 Å². The Morgan fingerprint density at radius 1 is 1.36 bits per heavy atom. The van der Waals surface area contributed by atoms with Gasteiger partial charge >= 0.3 is 6.09 Å². The van der Waals surface area contributed by atoms with E-state index >= 15 is 0 Å². The van der Waals surface area contributed by atoms with E-state index in [1.807, 2.05) is 0 Å². The number of rotatable bonds is 0. The molecular formula is C7H12N2O2. The van der Waals surface area contributed by atoms with Gasteiger partial charge in [0.15, 0.2) is 0 Å². The third kappa shape index (κ3) is 1.30. The lowest BCUT2D eigenvalue weighted by atomic mass is 9.93. The maximum atomic E-state index is 10.7. The Hall–Kier alpha value is -0.770. The number of ether oxygens (including phenoxy) is 1. The Morgan fingerprint density at radius 2 is 2.18 bits per heavy atom. The lowest BCUT2D eigenvalue weighted by molar-refractivity contribution is 0.0179. The van der Waals surface area contributed by atoms with Crippen LogP contribution in [0.2, 0.25) is 0 Å². The summed E-state index contributed by atoms with van der Waals surface area (Å²) in [4.78, 5) is 10.7. The minimum atomic E-state index is -0.340. The SMILES string of the molecule is O=C1NN[C@@H]2CCCC[C@H]2O1. The van der Waals surface area contributed by atoms with E-state index in [1.165, 1.54) is 12.8 Å². The number of carbonyl (C=O) groups is 1. The molecule has 11 heavy (non-hydrogen) atoms. The van der Waals surface area contributed by atoms with Crippen LogP contribution < -0.4 is 10.9 Å². The molecule has 2 aliphatic rings. The molecule has 0 unspecified atom stereocenters. The van der Waals surface area contributed by atoms with E-state index in [-0.39, 0.29) is 12.2 Å². The van der Waals surface area contributed by atoms with Crippen molar-refractivity contribution < 1.29 is 9.53 Å². The van der Waals surface area contributed by atoms with Crippen molar-refractivity contribution in [1.82, 2.24) is 10.9 Å². The summed E-state index contributed by atoms with van der Waals surface area (Å²) in [5.41, 5.74) is 5.42. The van der Waals surface area contributed by atoms with Crippen molar-refractivity contribution >= 4 is 6.09 Å². The minimum Gasteiger partial charge on any atom is -0.444 e. The van der Waals surface area contributed by atoms with Crippen molar-refractivity contribution in [2.75, 3.05) is 0 Å². The number of amides is 1. The molecule has 62 valence electrons. The summed E-state index contributed by atoms with van der Waals surface area (Å²) in [6.45, 7) is 0. The van der Waals surface area contributed by atoms with Gasteiger partial charge in [0, 0.05) is 0 Å². The largest absolute Gasteiger partial charge is 0.444 e. The Bertz CT molecular complexity index is 172. The predicted octanol–water partition coefficient (Wildman–Crippen LogP) is 0.542. The number of fused-ring (bicyclic) bond motifs is 1. The number of hydrogen-bond acceptors (Lipinski definition) is 3. The zero-order chi connectivity index (χ0) is 7.68. The molecule has 2 N–H and O–H groups in total. The topological polar surface area (TPSA) is 50.4 Å². The van der Waals surface area contributed by atoms with Crippen LogP contribution in [0.15, 0.2) is 0 Å². The van der Waals surface area contributed by atoms with Gasteiger partial charge in [0.25, 0.3) is 0 Å². The molecule has 4 nitrogen and oxygen atoms in total. The second-order valence-electron chi connectivity index (χ2n) is 3.10. The fourth-order valence-corrected chi connectivity index (χ4v) is 1.72. The van der Waals surface area contributed by atoms with Crippen molar-refractivity contribution in [1.29, 1.82) is 0 Å². The molecule has 4 heteroatoms. The first kappa shape index (κ1) is 6.91. The fraction of sp³-hybridized carbons (Fsp3) is 0.857. The normalized spacial score (nSPS) is 36.9. The second kappa shape index (κ2) is 2.70. The Morgan fingerprint density at radius 3 is 3.09 bits per heavy atom. The molecule has 0 aromatic rings. The highest BCUT2D eigenvalue weighted by molar-refractivity contribution is 5.67. The summed E-state index contributed by atoms with van der Waals surface area (Å²) in [7, 11) is 0. The highest BCUT2D eigenvalue weighted by Gasteiger charge is 2.31. The lowest BCUT2D eigenvalue weighted by Crippen LogP contribution is -2.58. The number of hydrazine groups is 1. The van der Waals surface area contributed by atoms with Gasteiger partial charge in [0.2, 0.25) is 0 Å². The van der Waals surface area contributed by atoms with E-state index in [9.17, 15) is 4.79 Å². The van der Waals surface area contributed by atoms with Crippen LogP contribution in [0, 0.1) is 0 Å². The molecule has 1 heterocycles. The van der Waals surface area contributed by atoms with Gasteiger partial charge in [-0.2, -0.15) is 0 Å². The van der Waals surface area contributed by atoms with Crippen LogP contribution in [0.1, 0.15) is 25.7 Å². The molecule has 1 saturated heterocycles. The molecule has 1 saturated carbocycles. The molecule has 0 radical (unpaired) electrons. The van der Waals surface area contributed by atoms with E-state index in [0.717, 1.165) is 12.8 Å². The van der Waals surface area contributed by atoms with Crippen molar-refractivity contribution in [3.8, 4) is 0 Å². The van der Waals surface area contributed by atoms with Gasteiger partial charge in [-0.25, -0.2) is 10.2 Å². The molecule has 2 atom stereocenters.